The Morgan fingerprint density at radius 3 is 2.15 bits per heavy atom. The highest BCUT2D eigenvalue weighted by molar-refractivity contribution is 7.88. The molecule has 0 radical (unpaired) electrons. The van der Waals surface area contributed by atoms with E-state index in [1.165, 1.54) is 6.26 Å². The van der Waals surface area contributed by atoms with Crippen molar-refractivity contribution in [3.8, 4) is 0 Å². The van der Waals surface area contributed by atoms with Crippen LogP contribution < -0.4 is 5.32 Å². The highest BCUT2D eigenvalue weighted by Gasteiger charge is 2.27. The molecule has 0 unspecified atom stereocenters. The molecule has 0 atom stereocenters. The van der Waals surface area contributed by atoms with Crippen LogP contribution in [0.25, 0.3) is 0 Å². The van der Waals surface area contributed by atoms with Crippen LogP contribution in [0.2, 0.25) is 0 Å². The zero-order chi connectivity index (χ0) is 15.4. The minimum atomic E-state index is -3.02. The maximum atomic E-state index is 11.5. The highest BCUT2D eigenvalue weighted by Crippen LogP contribution is 2.18. The van der Waals surface area contributed by atoms with Crippen molar-refractivity contribution in [3.05, 3.63) is 0 Å². The van der Waals surface area contributed by atoms with Crippen molar-refractivity contribution >= 4 is 10.0 Å². The maximum Gasteiger partial charge on any atom is 0.211 e. The van der Waals surface area contributed by atoms with Crippen LogP contribution in [-0.2, 0) is 10.0 Å². The molecule has 1 rings (SSSR count). The molecule has 0 aromatic carbocycles. The maximum absolute atomic E-state index is 11.5. The van der Waals surface area contributed by atoms with Gasteiger partial charge in [0.15, 0.2) is 0 Å². The van der Waals surface area contributed by atoms with Crippen molar-refractivity contribution in [1.29, 1.82) is 0 Å². The van der Waals surface area contributed by atoms with Gasteiger partial charge in [0.25, 0.3) is 0 Å². The molecule has 20 heavy (non-hydrogen) atoms. The molecule has 1 saturated heterocycles. The van der Waals surface area contributed by atoms with Crippen molar-refractivity contribution in [2.45, 2.75) is 27.7 Å². The fraction of sp³-hybridized carbons (Fsp3) is 1.00. The van der Waals surface area contributed by atoms with Gasteiger partial charge >= 0.3 is 0 Å². The predicted octanol–water partition coefficient (Wildman–Crippen LogP) is 0.835. The lowest BCUT2D eigenvalue weighted by Crippen LogP contribution is -2.51. The molecular weight excluding hydrogens is 274 g/mol. The molecule has 120 valence electrons. The van der Waals surface area contributed by atoms with Gasteiger partial charge in [0.05, 0.1) is 6.26 Å². The van der Waals surface area contributed by atoms with E-state index in [4.69, 9.17) is 0 Å². The minimum Gasteiger partial charge on any atom is -0.316 e. The SMILES string of the molecule is CC(C)CNCC(C)(C)CN1CCN(S(C)(=O)=O)CC1. The Morgan fingerprint density at radius 1 is 1.15 bits per heavy atom. The first kappa shape index (κ1) is 17.9. The normalized spacial score (nSPS) is 19.7. The van der Waals surface area contributed by atoms with Crippen molar-refractivity contribution < 1.29 is 8.42 Å². The first-order valence-corrected chi connectivity index (χ1v) is 9.33. The summed E-state index contributed by atoms with van der Waals surface area (Å²) in [5.74, 6) is 0.670. The van der Waals surface area contributed by atoms with Crippen LogP contribution in [0.1, 0.15) is 27.7 Å². The summed E-state index contributed by atoms with van der Waals surface area (Å²) in [5, 5.41) is 3.51. The molecule has 6 heteroatoms. The van der Waals surface area contributed by atoms with Gasteiger partial charge in [0, 0.05) is 39.3 Å². The predicted molar refractivity (Wildman–Crippen MR) is 84.3 cm³/mol. The third-order valence-electron chi connectivity index (χ3n) is 3.61. The average Bonchev–Trinajstić information content (AvgIpc) is 2.26. The number of hydrogen-bond donors (Lipinski definition) is 1. The van der Waals surface area contributed by atoms with Gasteiger partial charge in [-0.05, 0) is 17.9 Å². The number of sulfonamides is 1. The van der Waals surface area contributed by atoms with E-state index < -0.39 is 10.0 Å². The molecule has 0 aliphatic carbocycles. The van der Waals surface area contributed by atoms with Crippen LogP contribution in [0, 0.1) is 11.3 Å². The number of rotatable bonds is 7. The topological polar surface area (TPSA) is 52.6 Å². The largest absolute Gasteiger partial charge is 0.316 e. The van der Waals surface area contributed by atoms with Gasteiger partial charge in [-0.2, -0.15) is 4.31 Å². The molecule has 0 amide bonds. The van der Waals surface area contributed by atoms with Gasteiger partial charge in [-0.3, -0.25) is 0 Å². The molecule has 1 aliphatic heterocycles. The van der Waals surface area contributed by atoms with E-state index in [9.17, 15) is 8.42 Å². The summed E-state index contributed by atoms with van der Waals surface area (Å²) in [6, 6.07) is 0. The Bertz CT molecular complexity index is 385. The van der Waals surface area contributed by atoms with Crippen molar-refractivity contribution in [2.75, 3.05) is 52.1 Å². The van der Waals surface area contributed by atoms with Crippen LogP contribution in [0.15, 0.2) is 0 Å². The van der Waals surface area contributed by atoms with Crippen molar-refractivity contribution in [2.24, 2.45) is 11.3 Å². The standard InChI is InChI=1S/C14H31N3O2S/c1-13(2)10-15-11-14(3,4)12-16-6-8-17(9-7-16)20(5,18)19/h13,15H,6-12H2,1-5H3. The summed E-state index contributed by atoms with van der Waals surface area (Å²) < 4.78 is 24.5. The van der Waals surface area contributed by atoms with Crippen LogP contribution in [0.3, 0.4) is 0 Å². The van der Waals surface area contributed by atoms with Gasteiger partial charge in [0.2, 0.25) is 10.0 Å². The summed E-state index contributed by atoms with van der Waals surface area (Å²) in [4.78, 5) is 2.37. The quantitative estimate of drug-likeness (QED) is 0.757. The van der Waals surface area contributed by atoms with Gasteiger partial charge < -0.3 is 10.2 Å². The number of hydrogen-bond acceptors (Lipinski definition) is 4. The van der Waals surface area contributed by atoms with E-state index in [0.717, 1.165) is 32.7 Å². The zero-order valence-electron chi connectivity index (χ0n) is 13.6. The van der Waals surface area contributed by atoms with Gasteiger partial charge in [-0.1, -0.05) is 27.7 Å². The molecule has 5 nitrogen and oxygen atoms in total. The average molecular weight is 305 g/mol. The third-order valence-corrected chi connectivity index (χ3v) is 4.91. The number of nitrogens with zero attached hydrogens (tertiary/aromatic N) is 2. The van der Waals surface area contributed by atoms with Crippen LogP contribution in [-0.4, -0.2) is 69.7 Å². The van der Waals surface area contributed by atoms with Gasteiger partial charge in [0.1, 0.15) is 0 Å². The molecular formula is C14H31N3O2S. The molecule has 1 aliphatic rings. The molecule has 1 N–H and O–H groups in total. The Morgan fingerprint density at radius 2 is 1.70 bits per heavy atom. The van der Waals surface area contributed by atoms with E-state index in [2.05, 4.69) is 37.9 Å². The Kier molecular flexibility index (Phi) is 6.44. The van der Waals surface area contributed by atoms with Gasteiger partial charge in [-0.15, -0.1) is 0 Å². The second-order valence-electron chi connectivity index (χ2n) is 7.13. The van der Waals surface area contributed by atoms with Crippen molar-refractivity contribution in [1.82, 2.24) is 14.5 Å². The molecule has 0 saturated carbocycles. The van der Waals surface area contributed by atoms with Crippen molar-refractivity contribution in [3.63, 3.8) is 0 Å². The summed E-state index contributed by atoms with van der Waals surface area (Å²) >= 11 is 0. The van der Waals surface area contributed by atoms with E-state index in [0.29, 0.717) is 19.0 Å². The second-order valence-corrected chi connectivity index (χ2v) is 9.11. The first-order valence-electron chi connectivity index (χ1n) is 7.48. The zero-order valence-corrected chi connectivity index (χ0v) is 14.5. The fourth-order valence-electron chi connectivity index (χ4n) is 2.58. The molecule has 1 fully saturated rings. The molecule has 0 bridgehead atoms. The lowest BCUT2D eigenvalue weighted by atomic mass is 9.92. The van der Waals surface area contributed by atoms with Crippen LogP contribution in [0.4, 0.5) is 0 Å². The molecule has 0 aromatic rings. The lowest BCUT2D eigenvalue weighted by molar-refractivity contribution is 0.130. The van der Waals surface area contributed by atoms with E-state index in [1.807, 2.05) is 0 Å². The monoisotopic (exact) mass is 305 g/mol. The lowest BCUT2D eigenvalue weighted by Gasteiger charge is -2.38. The van der Waals surface area contributed by atoms with Crippen LogP contribution in [0.5, 0.6) is 0 Å². The Balaban J connectivity index is 2.35. The summed E-state index contributed by atoms with van der Waals surface area (Å²) in [6.45, 7) is 14.9. The van der Waals surface area contributed by atoms with Crippen LogP contribution >= 0.6 is 0 Å². The number of nitrogens with one attached hydrogen (secondary N) is 1. The summed E-state index contributed by atoms with van der Waals surface area (Å²) in [6.07, 6.45) is 1.29. The summed E-state index contributed by atoms with van der Waals surface area (Å²) in [7, 11) is -3.02. The Labute approximate surface area is 124 Å². The van der Waals surface area contributed by atoms with E-state index >= 15 is 0 Å². The number of piperazine rings is 1. The molecule has 1 heterocycles. The highest BCUT2D eigenvalue weighted by atomic mass is 32.2. The first-order chi connectivity index (χ1) is 9.10. The second kappa shape index (κ2) is 7.20. The fourth-order valence-corrected chi connectivity index (χ4v) is 3.41. The minimum absolute atomic E-state index is 0.210. The van der Waals surface area contributed by atoms with E-state index in [-0.39, 0.29) is 5.41 Å². The Hall–Kier alpha value is -0.170. The van der Waals surface area contributed by atoms with E-state index in [1.54, 1.807) is 4.31 Å². The van der Waals surface area contributed by atoms with Gasteiger partial charge in [-0.25, -0.2) is 8.42 Å². The molecule has 0 aromatic heterocycles. The smallest absolute Gasteiger partial charge is 0.211 e. The third kappa shape index (κ3) is 6.52. The molecule has 0 spiro atoms. The summed E-state index contributed by atoms with van der Waals surface area (Å²) in [5.41, 5.74) is 0.210.